The number of carbonyl (C=O) groups is 1. The van der Waals surface area contributed by atoms with E-state index in [-0.39, 0.29) is 48.0 Å². The third-order valence-corrected chi connectivity index (χ3v) is 6.04. The first-order valence-electron chi connectivity index (χ1n) is 11.8. The Labute approximate surface area is 224 Å². The summed E-state index contributed by atoms with van der Waals surface area (Å²) in [6.07, 6.45) is 0. The number of nitrogens with zero attached hydrogens (tertiary/aromatic N) is 2. The molecule has 12 heteroatoms. The zero-order valence-electron chi connectivity index (χ0n) is 21.7. The van der Waals surface area contributed by atoms with Gasteiger partial charge in [-0.1, -0.05) is 29.3 Å². The van der Waals surface area contributed by atoms with E-state index >= 15 is 0 Å². The van der Waals surface area contributed by atoms with Gasteiger partial charge in [-0.15, -0.1) is 0 Å². The molecule has 0 aromatic heterocycles. The molecule has 3 rings (SSSR count). The van der Waals surface area contributed by atoms with E-state index in [2.05, 4.69) is 10.6 Å². The largest absolute Gasteiger partial charge is 0.497 e. The van der Waals surface area contributed by atoms with Crippen LogP contribution >= 0.6 is 0 Å². The molecule has 0 fully saturated rings. The topological polar surface area (TPSA) is 172 Å². The number of primary amides is 1. The van der Waals surface area contributed by atoms with Crippen LogP contribution in [0.3, 0.4) is 0 Å². The summed E-state index contributed by atoms with van der Waals surface area (Å²) in [5, 5.41) is 29.3. The Hall–Kier alpha value is -5.13. The molecule has 0 bridgehead atoms. The lowest BCUT2D eigenvalue weighted by Crippen LogP contribution is -2.13. The molecule has 0 saturated heterocycles. The van der Waals surface area contributed by atoms with Crippen molar-refractivity contribution in [2.24, 2.45) is 5.73 Å². The second-order valence-electron chi connectivity index (χ2n) is 8.67. The molecule has 1 amide bonds. The molecule has 3 aromatic rings. The van der Waals surface area contributed by atoms with Gasteiger partial charge < -0.3 is 25.8 Å². The third kappa shape index (κ3) is 7.44. The molecule has 0 spiro atoms. The summed E-state index contributed by atoms with van der Waals surface area (Å²) in [6.45, 7) is 4.42. The highest BCUT2D eigenvalue weighted by Crippen LogP contribution is 2.35. The summed E-state index contributed by atoms with van der Waals surface area (Å²) in [5.41, 5.74) is 7.92. The highest BCUT2D eigenvalue weighted by molar-refractivity contribution is 5.94. The fourth-order valence-corrected chi connectivity index (χ4v) is 3.59. The summed E-state index contributed by atoms with van der Waals surface area (Å²) in [5.74, 6) is 0.277. The van der Waals surface area contributed by atoms with Gasteiger partial charge in [-0.2, -0.15) is 0 Å². The van der Waals surface area contributed by atoms with Crippen molar-refractivity contribution >= 4 is 28.7 Å². The van der Waals surface area contributed by atoms with Crippen molar-refractivity contribution in [3.8, 4) is 11.5 Å². The van der Waals surface area contributed by atoms with Gasteiger partial charge in [0.1, 0.15) is 23.8 Å². The van der Waals surface area contributed by atoms with E-state index in [1.54, 1.807) is 31.4 Å². The predicted octanol–water partition coefficient (Wildman–Crippen LogP) is 5.05. The minimum Gasteiger partial charge on any atom is -0.497 e. The molecule has 39 heavy (non-hydrogen) atoms. The van der Waals surface area contributed by atoms with Gasteiger partial charge in [-0.3, -0.25) is 25.0 Å². The molecular formula is C27H29N5O7. The van der Waals surface area contributed by atoms with E-state index in [9.17, 15) is 25.0 Å². The van der Waals surface area contributed by atoms with Crippen molar-refractivity contribution < 1.29 is 24.1 Å². The molecule has 0 aliphatic rings. The normalized spacial score (nSPS) is 11.3. The van der Waals surface area contributed by atoms with E-state index < -0.39 is 15.8 Å². The summed E-state index contributed by atoms with van der Waals surface area (Å²) >= 11 is 0. The van der Waals surface area contributed by atoms with E-state index in [4.69, 9.17) is 15.2 Å². The minimum atomic E-state index is -0.759. The number of para-hydroxylation sites is 1. The Balaban J connectivity index is 1.73. The van der Waals surface area contributed by atoms with Crippen LogP contribution in [0.5, 0.6) is 11.5 Å². The van der Waals surface area contributed by atoms with Crippen molar-refractivity contribution in [1.29, 1.82) is 0 Å². The van der Waals surface area contributed by atoms with Gasteiger partial charge >= 0.3 is 0 Å². The van der Waals surface area contributed by atoms with Gasteiger partial charge in [0, 0.05) is 30.8 Å². The molecule has 3 aromatic carbocycles. The second-order valence-corrected chi connectivity index (χ2v) is 8.67. The maximum Gasteiger partial charge on any atom is 0.296 e. The van der Waals surface area contributed by atoms with Crippen molar-refractivity contribution in [3.63, 3.8) is 0 Å². The summed E-state index contributed by atoms with van der Waals surface area (Å²) in [6, 6.07) is 15.9. The Kier molecular flexibility index (Phi) is 9.41. The van der Waals surface area contributed by atoms with Gasteiger partial charge in [0.05, 0.1) is 17.0 Å². The standard InChI is InChI=1S/C27H29N5O7/c1-17(14-29-22-12-9-20(27(28)33)13-24(22)32(36)37)18(2)15-30-26-23(31(34)35)5-4-6-25(26)39-16-19-7-10-21(38-3)11-8-19/h4-13,29-30H,14-16H2,1-3H3,(H2,28,33)/b18-17+. The number of anilines is 2. The number of nitro benzene ring substituents is 2. The third-order valence-electron chi connectivity index (χ3n) is 6.04. The molecule has 4 N–H and O–H groups in total. The number of carbonyl (C=O) groups excluding carboxylic acids is 1. The lowest BCUT2D eigenvalue weighted by Gasteiger charge is -2.16. The number of ether oxygens (including phenoxy) is 2. The number of amides is 1. The summed E-state index contributed by atoms with van der Waals surface area (Å²) in [4.78, 5) is 33.4. The molecule has 0 aliphatic heterocycles. The predicted molar refractivity (Wildman–Crippen MR) is 147 cm³/mol. The average molecular weight is 536 g/mol. The first-order valence-corrected chi connectivity index (χ1v) is 11.8. The molecule has 0 radical (unpaired) electrons. The van der Waals surface area contributed by atoms with E-state index in [1.165, 1.54) is 18.2 Å². The SMILES string of the molecule is COc1ccc(COc2cccc([N+](=O)[O-])c2NC/C(C)=C(\C)CNc2ccc(C(N)=O)cc2[N+](=O)[O-])cc1. The van der Waals surface area contributed by atoms with E-state index in [0.29, 0.717) is 11.5 Å². The maximum atomic E-state index is 11.7. The molecule has 0 saturated carbocycles. The van der Waals surface area contributed by atoms with E-state index in [0.717, 1.165) is 22.8 Å². The first-order chi connectivity index (χ1) is 18.6. The number of benzene rings is 3. The van der Waals surface area contributed by atoms with Crippen LogP contribution in [0.1, 0.15) is 29.8 Å². The van der Waals surface area contributed by atoms with Crippen molar-refractivity contribution in [2.45, 2.75) is 20.5 Å². The summed E-state index contributed by atoms with van der Waals surface area (Å²) < 4.78 is 11.1. The number of hydrogen-bond acceptors (Lipinski definition) is 9. The van der Waals surface area contributed by atoms with Crippen molar-refractivity contribution in [1.82, 2.24) is 0 Å². The highest BCUT2D eigenvalue weighted by Gasteiger charge is 2.19. The number of hydrogen-bond donors (Lipinski definition) is 3. The van der Waals surface area contributed by atoms with Gasteiger partial charge in [0.25, 0.3) is 11.4 Å². The molecule has 0 aliphatic carbocycles. The molecule has 0 atom stereocenters. The average Bonchev–Trinajstić information content (AvgIpc) is 2.93. The number of methoxy groups -OCH3 is 1. The van der Waals surface area contributed by atoms with Gasteiger partial charge in [0.2, 0.25) is 5.91 Å². The van der Waals surface area contributed by atoms with Gasteiger partial charge in [-0.25, -0.2) is 0 Å². The molecule has 204 valence electrons. The zero-order valence-corrected chi connectivity index (χ0v) is 21.7. The van der Waals surface area contributed by atoms with E-state index in [1.807, 2.05) is 26.0 Å². The lowest BCUT2D eigenvalue weighted by molar-refractivity contribution is -0.384. The van der Waals surface area contributed by atoms with Crippen molar-refractivity contribution in [2.75, 3.05) is 30.8 Å². The molecule has 0 unspecified atom stereocenters. The Morgan fingerprint density at radius 2 is 1.54 bits per heavy atom. The van der Waals surface area contributed by atoms with Crippen LogP contribution in [-0.4, -0.2) is 36.0 Å². The molecular weight excluding hydrogens is 506 g/mol. The van der Waals surface area contributed by atoms with Crippen LogP contribution in [0.15, 0.2) is 71.8 Å². The maximum absolute atomic E-state index is 11.7. The second kappa shape index (κ2) is 12.9. The van der Waals surface area contributed by atoms with Crippen LogP contribution in [-0.2, 0) is 6.61 Å². The quantitative estimate of drug-likeness (QED) is 0.154. The van der Waals surface area contributed by atoms with Crippen LogP contribution in [0.2, 0.25) is 0 Å². The Morgan fingerprint density at radius 3 is 2.13 bits per heavy atom. The Bertz CT molecular complexity index is 1400. The lowest BCUT2D eigenvalue weighted by atomic mass is 10.1. The summed E-state index contributed by atoms with van der Waals surface area (Å²) in [7, 11) is 1.58. The molecule has 0 heterocycles. The van der Waals surface area contributed by atoms with Crippen LogP contribution in [0.25, 0.3) is 0 Å². The highest BCUT2D eigenvalue weighted by atomic mass is 16.6. The van der Waals surface area contributed by atoms with Crippen LogP contribution in [0, 0.1) is 20.2 Å². The van der Waals surface area contributed by atoms with Crippen molar-refractivity contribution in [3.05, 3.63) is 103 Å². The number of nitro groups is 2. The molecule has 12 nitrogen and oxygen atoms in total. The number of nitrogens with two attached hydrogens (primary N) is 1. The Morgan fingerprint density at radius 1 is 0.897 bits per heavy atom. The van der Waals surface area contributed by atoms with Gasteiger partial charge in [-0.05, 0) is 49.7 Å². The minimum absolute atomic E-state index is 0.0364. The smallest absolute Gasteiger partial charge is 0.296 e. The fraction of sp³-hybridized carbons (Fsp3) is 0.222. The number of nitrogens with one attached hydrogen (secondary N) is 2. The van der Waals surface area contributed by atoms with Crippen LogP contribution in [0.4, 0.5) is 22.7 Å². The monoisotopic (exact) mass is 535 g/mol. The first kappa shape index (κ1) is 28.4. The fourth-order valence-electron chi connectivity index (χ4n) is 3.59. The zero-order chi connectivity index (χ0) is 28.5. The van der Waals surface area contributed by atoms with Gasteiger partial charge in [0.15, 0.2) is 5.69 Å². The van der Waals surface area contributed by atoms with Crippen LogP contribution < -0.4 is 25.8 Å². The number of rotatable bonds is 13.